The molecule has 2 heterocycles. The van der Waals surface area contributed by atoms with Gasteiger partial charge in [0, 0.05) is 18.0 Å². The summed E-state index contributed by atoms with van der Waals surface area (Å²) in [5.74, 6) is 1.10. The molecular weight excluding hydrogens is 248 g/mol. The number of unbranched alkanes of at least 4 members (excludes halogenated alkanes) is 1. The maximum Gasteiger partial charge on any atom is 0.223 e. The number of hydrogen-bond donors (Lipinski definition) is 3. The lowest BCUT2D eigenvalue weighted by molar-refractivity contribution is 0.286. The molecule has 0 radical (unpaired) electrons. The van der Waals surface area contributed by atoms with Gasteiger partial charge in [0.2, 0.25) is 5.95 Å². The van der Waals surface area contributed by atoms with Gasteiger partial charge in [0.15, 0.2) is 0 Å². The average Bonchev–Trinajstić information content (AvgIpc) is 2.77. The van der Waals surface area contributed by atoms with Crippen LogP contribution in [-0.4, -0.2) is 28.2 Å². The van der Waals surface area contributed by atoms with E-state index in [1.807, 2.05) is 0 Å². The Balaban J connectivity index is 2.21. The molecule has 4 N–H and O–H groups in total. The standard InChI is InChI=1S/C12H18N4OS/c1-2-8-7-9-10(14-5-3-4-6-17)15-12(13)16-11(9)18-8/h7,17H,2-6H2,1H3,(H3,13,14,15,16). The highest BCUT2D eigenvalue weighted by molar-refractivity contribution is 7.18. The van der Waals surface area contributed by atoms with Crippen LogP contribution in [0.15, 0.2) is 6.07 Å². The van der Waals surface area contributed by atoms with E-state index in [1.165, 1.54) is 4.88 Å². The topological polar surface area (TPSA) is 84.1 Å². The number of aliphatic hydroxyl groups is 1. The Kier molecular flexibility index (Phi) is 4.33. The summed E-state index contributed by atoms with van der Waals surface area (Å²) in [6.07, 6.45) is 2.69. The fourth-order valence-electron chi connectivity index (χ4n) is 1.74. The zero-order valence-electron chi connectivity index (χ0n) is 10.4. The van der Waals surface area contributed by atoms with E-state index in [-0.39, 0.29) is 6.61 Å². The zero-order valence-corrected chi connectivity index (χ0v) is 11.3. The van der Waals surface area contributed by atoms with Gasteiger partial charge >= 0.3 is 0 Å². The van der Waals surface area contributed by atoms with Gasteiger partial charge in [-0.15, -0.1) is 11.3 Å². The third-order valence-corrected chi connectivity index (χ3v) is 3.86. The Morgan fingerprint density at radius 1 is 1.39 bits per heavy atom. The number of hydrogen-bond acceptors (Lipinski definition) is 6. The fourth-order valence-corrected chi connectivity index (χ4v) is 2.71. The fraction of sp³-hybridized carbons (Fsp3) is 0.500. The number of thiophene rings is 1. The van der Waals surface area contributed by atoms with Crippen molar-refractivity contribution in [1.82, 2.24) is 9.97 Å². The first-order chi connectivity index (χ1) is 8.74. The van der Waals surface area contributed by atoms with E-state index in [9.17, 15) is 0 Å². The molecule has 0 saturated carbocycles. The summed E-state index contributed by atoms with van der Waals surface area (Å²) in [5.41, 5.74) is 5.71. The highest BCUT2D eigenvalue weighted by Crippen LogP contribution is 2.29. The van der Waals surface area contributed by atoms with Crippen molar-refractivity contribution in [3.8, 4) is 0 Å². The van der Waals surface area contributed by atoms with E-state index in [1.54, 1.807) is 11.3 Å². The molecular formula is C12H18N4OS. The zero-order chi connectivity index (χ0) is 13.0. The minimum absolute atomic E-state index is 0.224. The lowest BCUT2D eigenvalue weighted by Crippen LogP contribution is -2.06. The van der Waals surface area contributed by atoms with Gasteiger partial charge in [-0.1, -0.05) is 6.92 Å². The predicted octanol–water partition coefficient (Wildman–Crippen LogP) is 2.02. The highest BCUT2D eigenvalue weighted by atomic mass is 32.1. The lowest BCUT2D eigenvalue weighted by Gasteiger charge is -2.06. The van der Waals surface area contributed by atoms with Crippen LogP contribution in [0.4, 0.5) is 11.8 Å². The van der Waals surface area contributed by atoms with E-state index in [2.05, 4.69) is 28.3 Å². The first-order valence-electron chi connectivity index (χ1n) is 6.15. The monoisotopic (exact) mass is 266 g/mol. The average molecular weight is 266 g/mol. The number of anilines is 2. The molecule has 0 saturated heterocycles. The van der Waals surface area contributed by atoms with E-state index >= 15 is 0 Å². The molecule has 2 aromatic rings. The second-order valence-corrected chi connectivity index (χ2v) is 5.19. The molecule has 18 heavy (non-hydrogen) atoms. The number of nitrogen functional groups attached to an aromatic ring is 1. The van der Waals surface area contributed by atoms with Crippen LogP contribution in [0.3, 0.4) is 0 Å². The van der Waals surface area contributed by atoms with Crippen LogP contribution >= 0.6 is 11.3 Å². The molecule has 0 bridgehead atoms. The van der Waals surface area contributed by atoms with Gasteiger partial charge in [-0.25, -0.2) is 4.98 Å². The largest absolute Gasteiger partial charge is 0.396 e. The summed E-state index contributed by atoms with van der Waals surface area (Å²) in [5, 5.41) is 13.0. The van der Waals surface area contributed by atoms with Gasteiger partial charge in [0.05, 0.1) is 5.39 Å². The second-order valence-electron chi connectivity index (χ2n) is 4.07. The summed E-state index contributed by atoms with van der Waals surface area (Å²) in [7, 11) is 0. The SMILES string of the molecule is CCc1cc2c(NCCCCO)nc(N)nc2s1. The van der Waals surface area contributed by atoms with Crippen LogP contribution in [-0.2, 0) is 6.42 Å². The third-order valence-electron chi connectivity index (χ3n) is 2.69. The normalized spacial score (nSPS) is 11.0. The van der Waals surface area contributed by atoms with Crippen molar-refractivity contribution >= 4 is 33.3 Å². The Morgan fingerprint density at radius 3 is 2.94 bits per heavy atom. The first-order valence-corrected chi connectivity index (χ1v) is 6.97. The maximum atomic E-state index is 8.74. The van der Waals surface area contributed by atoms with Gasteiger partial charge in [-0.2, -0.15) is 4.98 Å². The van der Waals surface area contributed by atoms with Crippen molar-refractivity contribution in [1.29, 1.82) is 0 Å². The molecule has 0 spiro atoms. The molecule has 0 aliphatic heterocycles. The molecule has 5 nitrogen and oxygen atoms in total. The minimum atomic E-state index is 0.224. The molecule has 2 aromatic heterocycles. The van der Waals surface area contributed by atoms with Crippen molar-refractivity contribution < 1.29 is 5.11 Å². The van der Waals surface area contributed by atoms with E-state index in [0.29, 0.717) is 5.95 Å². The molecule has 0 aliphatic rings. The summed E-state index contributed by atoms with van der Waals surface area (Å²) in [6.45, 7) is 3.13. The Bertz CT molecular complexity index is 526. The molecule has 6 heteroatoms. The number of nitrogens with one attached hydrogen (secondary N) is 1. The lowest BCUT2D eigenvalue weighted by atomic mass is 10.3. The molecule has 0 atom stereocenters. The number of nitrogens with zero attached hydrogens (tertiary/aromatic N) is 2. The number of aryl methyl sites for hydroxylation is 1. The Morgan fingerprint density at radius 2 is 2.22 bits per heavy atom. The maximum absolute atomic E-state index is 8.74. The molecule has 0 aliphatic carbocycles. The van der Waals surface area contributed by atoms with E-state index < -0.39 is 0 Å². The summed E-state index contributed by atoms with van der Waals surface area (Å²) in [4.78, 5) is 10.7. The van der Waals surface area contributed by atoms with Crippen LogP contribution in [0.2, 0.25) is 0 Å². The van der Waals surface area contributed by atoms with E-state index in [4.69, 9.17) is 10.8 Å². The Hall–Kier alpha value is -1.40. The molecule has 2 rings (SSSR count). The molecule has 0 unspecified atom stereocenters. The summed E-state index contributed by atoms with van der Waals surface area (Å²) in [6, 6.07) is 2.12. The van der Waals surface area contributed by atoms with Crippen molar-refractivity contribution in [3.63, 3.8) is 0 Å². The minimum Gasteiger partial charge on any atom is -0.396 e. The van der Waals surface area contributed by atoms with Gasteiger partial charge in [0.1, 0.15) is 10.6 Å². The smallest absolute Gasteiger partial charge is 0.223 e. The van der Waals surface area contributed by atoms with E-state index in [0.717, 1.165) is 41.8 Å². The molecule has 0 amide bonds. The molecule has 98 valence electrons. The number of nitrogens with two attached hydrogens (primary N) is 1. The van der Waals surface area contributed by atoms with Gasteiger partial charge < -0.3 is 16.2 Å². The van der Waals surface area contributed by atoms with Crippen molar-refractivity contribution in [3.05, 3.63) is 10.9 Å². The Labute approximate surface area is 110 Å². The number of fused-ring (bicyclic) bond motifs is 1. The van der Waals surface area contributed by atoms with Crippen molar-refractivity contribution in [2.45, 2.75) is 26.2 Å². The first kappa shape index (κ1) is 13.0. The van der Waals surface area contributed by atoms with Crippen LogP contribution < -0.4 is 11.1 Å². The van der Waals surface area contributed by atoms with Crippen LogP contribution in [0.25, 0.3) is 10.2 Å². The third kappa shape index (κ3) is 2.88. The summed E-state index contributed by atoms with van der Waals surface area (Å²) >= 11 is 1.66. The van der Waals surface area contributed by atoms with Gasteiger partial charge in [-0.05, 0) is 25.3 Å². The van der Waals surface area contributed by atoms with Crippen LogP contribution in [0.5, 0.6) is 0 Å². The quantitative estimate of drug-likeness (QED) is 0.697. The number of rotatable bonds is 6. The highest BCUT2D eigenvalue weighted by Gasteiger charge is 2.09. The molecule has 0 fully saturated rings. The second kappa shape index (κ2) is 5.97. The number of aromatic nitrogens is 2. The van der Waals surface area contributed by atoms with Gasteiger partial charge in [-0.3, -0.25) is 0 Å². The van der Waals surface area contributed by atoms with Crippen LogP contribution in [0, 0.1) is 0 Å². The van der Waals surface area contributed by atoms with Gasteiger partial charge in [0.25, 0.3) is 0 Å². The number of aliphatic hydroxyl groups excluding tert-OH is 1. The summed E-state index contributed by atoms with van der Waals surface area (Å²) < 4.78 is 0. The molecule has 0 aromatic carbocycles. The van der Waals surface area contributed by atoms with Crippen molar-refractivity contribution in [2.24, 2.45) is 0 Å². The van der Waals surface area contributed by atoms with Crippen LogP contribution in [0.1, 0.15) is 24.6 Å². The van der Waals surface area contributed by atoms with Crippen molar-refractivity contribution in [2.75, 3.05) is 24.2 Å². The predicted molar refractivity (Wildman–Crippen MR) is 76.0 cm³/mol.